The van der Waals surface area contributed by atoms with Crippen molar-refractivity contribution in [3.8, 4) is 0 Å². The van der Waals surface area contributed by atoms with Gasteiger partial charge in [0.2, 0.25) is 0 Å². The van der Waals surface area contributed by atoms with Crippen molar-refractivity contribution in [3.05, 3.63) is 114 Å². The highest BCUT2D eigenvalue weighted by molar-refractivity contribution is 6.02. The van der Waals surface area contributed by atoms with E-state index in [9.17, 15) is 9.59 Å². The van der Waals surface area contributed by atoms with Crippen LogP contribution in [0.2, 0.25) is 0 Å². The summed E-state index contributed by atoms with van der Waals surface area (Å²) < 4.78 is 5.31. The smallest absolute Gasteiger partial charge is 0.417 e. The SMILES string of the molecule is O=C(/C=C/c1ccccc1)N1C(=O)OC[C@H]1C(c1ccccc1)c1ccccc1. The van der Waals surface area contributed by atoms with E-state index in [1.165, 1.54) is 11.0 Å². The molecule has 4 nitrogen and oxygen atoms in total. The molecule has 3 aromatic rings. The number of ether oxygens (including phenoxy) is 1. The zero-order valence-electron chi connectivity index (χ0n) is 15.8. The Labute approximate surface area is 170 Å². The van der Waals surface area contributed by atoms with Crippen LogP contribution in [0.4, 0.5) is 4.79 Å². The number of hydrogen-bond donors (Lipinski definition) is 0. The molecule has 0 aliphatic carbocycles. The summed E-state index contributed by atoms with van der Waals surface area (Å²) >= 11 is 0. The monoisotopic (exact) mass is 383 g/mol. The van der Waals surface area contributed by atoms with Gasteiger partial charge in [-0.05, 0) is 22.8 Å². The molecule has 1 heterocycles. The normalized spacial score (nSPS) is 16.4. The maximum Gasteiger partial charge on any atom is 0.417 e. The van der Waals surface area contributed by atoms with Gasteiger partial charge in [0.1, 0.15) is 6.61 Å². The van der Waals surface area contributed by atoms with Gasteiger partial charge in [0.25, 0.3) is 5.91 Å². The van der Waals surface area contributed by atoms with E-state index in [4.69, 9.17) is 4.74 Å². The summed E-state index contributed by atoms with van der Waals surface area (Å²) in [6.45, 7) is 0.165. The number of cyclic esters (lactones) is 1. The molecule has 0 spiro atoms. The molecule has 4 rings (SSSR count). The predicted octanol–water partition coefficient (Wildman–Crippen LogP) is 4.88. The van der Waals surface area contributed by atoms with E-state index in [2.05, 4.69) is 0 Å². The number of carbonyl (C=O) groups is 2. The highest BCUT2D eigenvalue weighted by Gasteiger charge is 2.42. The van der Waals surface area contributed by atoms with E-state index in [1.807, 2.05) is 91.0 Å². The lowest BCUT2D eigenvalue weighted by Crippen LogP contribution is -2.41. The number of carbonyl (C=O) groups excluding carboxylic acids is 2. The van der Waals surface area contributed by atoms with Crippen molar-refractivity contribution in [2.75, 3.05) is 6.61 Å². The molecule has 2 amide bonds. The van der Waals surface area contributed by atoms with Crippen LogP contribution >= 0.6 is 0 Å². The number of hydrogen-bond acceptors (Lipinski definition) is 3. The number of rotatable bonds is 5. The van der Waals surface area contributed by atoms with Crippen molar-refractivity contribution in [2.24, 2.45) is 0 Å². The van der Waals surface area contributed by atoms with E-state index in [1.54, 1.807) is 6.08 Å². The predicted molar refractivity (Wildman–Crippen MR) is 112 cm³/mol. The average Bonchev–Trinajstić information content (AvgIpc) is 3.15. The van der Waals surface area contributed by atoms with Crippen molar-refractivity contribution in [2.45, 2.75) is 12.0 Å². The van der Waals surface area contributed by atoms with E-state index < -0.39 is 12.1 Å². The highest BCUT2D eigenvalue weighted by atomic mass is 16.6. The molecule has 1 aliphatic rings. The molecule has 1 aliphatic heterocycles. The maximum atomic E-state index is 12.9. The molecule has 144 valence electrons. The Hall–Kier alpha value is -3.66. The largest absolute Gasteiger partial charge is 0.447 e. The maximum absolute atomic E-state index is 12.9. The molecule has 0 radical (unpaired) electrons. The Bertz CT molecular complexity index is 961. The molecule has 0 bridgehead atoms. The van der Waals surface area contributed by atoms with Crippen LogP contribution < -0.4 is 0 Å². The van der Waals surface area contributed by atoms with Crippen molar-refractivity contribution in [3.63, 3.8) is 0 Å². The number of imide groups is 1. The van der Waals surface area contributed by atoms with Gasteiger partial charge in [0, 0.05) is 12.0 Å². The quantitative estimate of drug-likeness (QED) is 0.590. The minimum absolute atomic E-state index is 0.165. The molecular formula is C25H21NO3. The van der Waals surface area contributed by atoms with Crippen LogP contribution in [0.3, 0.4) is 0 Å². The van der Waals surface area contributed by atoms with Gasteiger partial charge in [-0.3, -0.25) is 4.79 Å². The molecule has 3 aromatic carbocycles. The number of amides is 2. The Kier molecular flexibility index (Phi) is 5.52. The lowest BCUT2D eigenvalue weighted by molar-refractivity contribution is -0.124. The van der Waals surface area contributed by atoms with E-state index >= 15 is 0 Å². The molecule has 29 heavy (non-hydrogen) atoms. The summed E-state index contributed by atoms with van der Waals surface area (Å²) in [6.07, 6.45) is 2.54. The fourth-order valence-electron chi connectivity index (χ4n) is 3.70. The highest BCUT2D eigenvalue weighted by Crippen LogP contribution is 2.34. The zero-order chi connectivity index (χ0) is 20.1. The van der Waals surface area contributed by atoms with Gasteiger partial charge < -0.3 is 4.74 Å². The van der Waals surface area contributed by atoms with Crippen molar-refractivity contribution >= 4 is 18.1 Å². The Balaban J connectivity index is 1.67. The lowest BCUT2D eigenvalue weighted by Gasteiger charge is -2.28. The summed E-state index contributed by atoms with van der Waals surface area (Å²) in [7, 11) is 0. The Morgan fingerprint density at radius 1 is 0.862 bits per heavy atom. The average molecular weight is 383 g/mol. The number of benzene rings is 3. The van der Waals surface area contributed by atoms with Gasteiger partial charge >= 0.3 is 6.09 Å². The van der Waals surface area contributed by atoms with E-state index in [0.29, 0.717) is 0 Å². The molecule has 0 saturated carbocycles. The van der Waals surface area contributed by atoms with Crippen LogP contribution in [0.15, 0.2) is 97.1 Å². The topological polar surface area (TPSA) is 46.6 Å². The third kappa shape index (κ3) is 4.11. The molecule has 0 unspecified atom stereocenters. The van der Waals surface area contributed by atoms with Gasteiger partial charge in [0.05, 0.1) is 6.04 Å². The standard InChI is InChI=1S/C25H21NO3/c27-23(17-16-19-10-4-1-5-11-19)26-22(18-29-25(26)28)24(20-12-6-2-7-13-20)21-14-8-3-9-15-21/h1-17,22,24H,18H2/b17-16+/t22-/m0/s1. The first-order valence-electron chi connectivity index (χ1n) is 9.57. The third-order valence-electron chi connectivity index (χ3n) is 5.06. The summed E-state index contributed by atoms with van der Waals surface area (Å²) in [5.41, 5.74) is 2.96. The van der Waals surface area contributed by atoms with Crippen LogP contribution in [0.1, 0.15) is 22.6 Å². The Morgan fingerprint density at radius 2 is 1.38 bits per heavy atom. The van der Waals surface area contributed by atoms with Crippen LogP contribution in [0, 0.1) is 0 Å². The minimum atomic E-state index is -0.602. The molecule has 0 aromatic heterocycles. The second kappa shape index (κ2) is 8.57. The fraction of sp³-hybridized carbons (Fsp3) is 0.120. The first kappa shape index (κ1) is 18.7. The second-order valence-corrected chi connectivity index (χ2v) is 6.90. The first-order valence-corrected chi connectivity index (χ1v) is 9.57. The van der Waals surface area contributed by atoms with Crippen LogP contribution in [-0.2, 0) is 9.53 Å². The molecule has 4 heteroatoms. The molecule has 1 fully saturated rings. The molecule has 1 atom stereocenters. The van der Waals surface area contributed by atoms with Gasteiger partial charge in [0.15, 0.2) is 0 Å². The zero-order valence-corrected chi connectivity index (χ0v) is 15.8. The first-order chi connectivity index (χ1) is 14.2. The summed E-state index contributed by atoms with van der Waals surface area (Å²) in [6, 6.07) is 28.9. The third-order valence-corrected chi connectivity index (χ3v) is 5.06. The van der Waals surface area contributed by atoms with Gasteiger partial charge in [-0.15, -0.1) is 0 Å². The van der Waals surface area contributed by atoms with Crippen LogP contribution in [0.25, 0.3) is 6.08 Å². The van der Waals surface area contributed by atoms with Crippen LogP contribution in [-0.4, -0.2) is 29.5 Å². The van der Waals surface area contributed by atoms with Gasteiger partial charge in [-0.25, -0.2) is 9.69 Å². The summed E-state index contributed by atoms with van der Waals surface area (Å²) in [4.78, 5) is 26.6. The van der Waals surface area contributed by atoms with Gasteiger partial charge in [-0.1, -0.05) is 91.0 Å². The van der Waals surface area contributed by atoms with Crippen molar-refractivity contribution < 1.29 is 14.3 Å². The van der Waals surface area contributed by atoms with Crippen LogP contribution in [0.5, 0.6) is 0 Å². The molecular weight excluding hydrogens is 362 g/mol. The fourth-order valence-corrected chi connectivity index (χ4v) is 3.70. The number of nitrogens with zero attached hydrogens (tertiary/aromatic N) is 1. The van der Waals surface area contributed by atoms with Crippen molar-refractivity contribution in [1.29, 1.82) is 0 Å². The molecule has 0 N–H and O–H groups in total. The molecule has 1 saturated heterocycles. The van der Waals surface area contributed by atoms with E-state index in [0.717, 1.165) is 16.7 Å². The summed E-state index contributed by atoms with van der Waals surface area (Å²) in [5.74, 6) is -0.545. The summed E-state index contributed by atoms with van der Waals surface area (Å²) in [5, 5.41) is 0. The van der Waals surface area contributed by atoms with E-state index in [-0.39, 0.29) is 18.4 Å². The Morgan fingerprint density at radius 3 is 1.93 bits per heavy atom. The van der Waals surface area contributed by atoms with Crippen molar-refractivity contribution in [1.82, 2.24) is 4.90 Å². The second-order valence-electron chi connectivity index (χ2n) is 6.90. The minimum Gasteiger partial charge on any atom is -0.447 e. The van der Waals surface area contributed by atoms with Gasteiger partial charge in [-0.2, -0.15) is 0 Å². The lowest BCUT2D eigenvalue weighted by atomic mass is 9.85.